The van der Waals surface area contributed by atoms with Crippen molar-refractivity contribution in [1.29, 1.82) is 0 Å². The average Bonchev–Trinajstić information content (AvgIpc) is 3.55. The number of nitrogens with zero attached hydrogens (tertiary/aromatic N) is 3. The van der Waals surface area contributed by atoms with Crippen molar-refractivity contribution in [2.45, 2.75) is 0 Å². The first-order chi connectivity index (χ1) is 24.2. The van der Waals surface area contributed by atoms with Gasteiger partial charge in [0.2, 0.25) is 0 Å². The minimum absolute atomic E-state index is 0.658. The van der Waals surface area contributed by atoms with Gasteiger partial charge in [-0.25, -0.2) is 15.0 Å². The van der Waals surface area contributed by atoms with Crippen LogP contribution in [-0.4, -0.2) is 15.0 Å². The molecule has 0 atom stereocenters. The summed E-state index contributed by atoms with van der Waals surface area (Å²) in [4.78, 5) is 15.4. The van der Waals surface area contributed by atoms with Gasteiger partial charge >= 0.3 is 0 Å². The third-order valence-electron chi connectivity index (χ3n) is 9.47. The fraction of sp³-hybridized carbons (Fsp3) is 0. The van der Waals surface area contributed by atoms with E-state index in [9.17, 15) is 0 Å². The first kappa shape index (κ1) is 27.8. The largest absolute Gasteiger partial charge is 0.208 e. The normalized spacial score (nSPS) is 11.7. The molecule has 0 aliphatic carbocycles. The molecule has 0 spiro atoms. The maximum Gasteiger partial charge on any atom is 0.164 e. The maximum atomic E-state index is 5.20. The fourth-order valence-electron chi connectivity index (χ4n) is 7.05. The third kappa shape index (κ3) is 4.76. The van der Waals surface area contributed by atoms with E-state index in [0.717, 1.165) is 22.1 Å². The lowest BCUT2D eigenvalue weighted by molar-refractivity contribution is 1.08. The highest BCUT2D eigenvalue weighted by molar-refractivity contribution is 7.26. The number of rotatable bonds is 4. The number of hydrogen-bond acceptors (Lipinski definition) is 4. The van der Waals surface area contributed by atoms with Crippen molar-refractivity contribution in [3.63, 3.8) is 0 Å². The molecular formula is C45H27N3S. The Morgan fingerprint density at radius 1 is 0.327 bits per heavy atom. The Kier molecular flexibility index (Phi) is 6.36. The summed E-state index contributed by atoms with van der Waals surface area (Å²) in [6, 6.07) is 58.1. The van der Waals surface area contributed by atoms with E-state index in [4.69, 9.17) is 15.0 Å². The van der Waals surface area contributed by atoms with Gasteiger partial charge in [0.1, 0.15) is 0 Å². The molecule has 0 aliphatic rings. The Hall–Kier alpha value is -6.23. The van der Waals surface area contributed by atoms with Crippen molar-refractivity contribution in [2.75, 3.05) is 0 Å². The Labute approximate surface area is 286 Å². The standard InChI is InChI=1S/C45H27N3S/c1-3-10-28(11-4-1)31-19-20-33-25-35(23-21-32(33)24-31)44-46-43(30-13-5-2-6-14-30)47-45(48-44)37-16-9-17-40-42(37)39-27-38-34(26-41(39)49-40)22-18-29-12-7-8-15-36(29)38/h1-27H. The van der Waals surface area contributed by atoms with Crippen LogP contribution in [-0.2, 0) is 0 Å². The van der Waals surface area contributed by atoms with Crippen LogP contribution in [0.25, 0.3) is 97.8 Å². The monoisotopic (exact) mass is 641 g/mol. The van der Waals surface area contributed by atoms with E-state index in [1.54, 1.807) is 0 Å². The van der Waals surface area contributed by atoms with Crippen LogP contribution in [0.1, 0.15) is 0 Å². The third-order valence-corrected chi connectivity index (χ3v) is 10.6. The molecule has 0 aliphatic heterocycles. The molecular weight excluding hydrogens is 615 g/mol. The molecule has 0 N–H and O–H groups in total. The molecule has 0 bridgehead atoms. The summed E-state index contributed by atoms with van der Waals surface area (Å²) in [6.45, 7) is 0. The second-order valence-electron chi connectivity index (χ2n) is 12.5. The molecule has 0 unspecified atom stereocenters. The van der Waals surface area contributed by atoms with Gasteiger partial charge in [0.25, 0.3) is 0 Å². The fourth-order valence-corrected chi connectivity index (χ4v) is 8.21. The summed E-state index contributed by atoms with van der Waals surface area (Å²) in [5, 5.41) is 9.74. The summed E-state index contributed by atoms with van der Waals surface area (Å²) < 4.78 is 2.47. The van der Waals surface area contributed by atoms with Gasteiger partial charge in [-0.3, -0.25) is 0 Å². The summed E-state index contributed by atoms with van der Waals surface area (Å²) in [6.07, 6.45) is 0. The van der Waals surface area contributed by atoms with Gasteiger partial charge < -0.3 is 0 Å². The van der Waals surface area contributed by atoms with Crippen molar-refractivity contribution in [3.05, 3.63) is 164 Å². The number of fused-ring (bicyclic) bond motifs is 7. The van der Waals surface area contributed by atoms with E-state index in [0.29, 0.717) is 17.5 Å². The Balaban J connectivity index is 1.18. The lowest BCUT2D eigenvalue weighted by atomic mass is 9.98. The molecule has 49 heavy (non-hydrogen) atoms. The van der Waals surface area contributed by atoms with E-state index in [-0.39, 0.29) is 0 Å². The zero-order chi connectivity index (χ0) is 32.3. The first-order valence-corrected chi connectivity index (χ1v) is 17.3. The number of thiophene rings is 1. The van der Waals surface area contributed by atoms with Crippen molar-refractivity contribution >= 4 is 63.8 Å². The predicted octanol–water partition coefficient (Wildman–Crippen LogP) is 12.4. The van der Waals surface area contributed by atoms with Gasteiger partial charge in [0.05, 0.1) is 0 Å². The molecule has 0 radical (unpaired) electrons. The van der Waals surface area contributed by atoms with Crippen LogP contribution in [0.3, 0.4) is 0 Å². The van der Waals surface area contributed by atoms with Crippen LogP contribution < -0.4 is 0 Å². The molecule has 0 saturated carbocycles. The molecule has 228 valence electrons. The van der Waals surface area contributed by atoms with Crippen LogP contribution >= 0.6 is 11.3 Å². The predicted molar refractivity (Wildman–Crippen MR) is 207 cm³/mol. The highest BCUT2D eigenvalue weighted by atomic mass is 32.1. The summed E-state index contributed by atoms with van der Waals surface area (Å²) in [5.74, 6) is 1.99. The molecule has 10 aromatic rings. The Morgan fingerprint density at radius 3 is 1.78 bits per heavy atom. The van der Waals surface area contributed by atoms with Gasteiger partial charge in [-0.2, -0.15) is 0 Å². The van der Waals surface area contributed by atoms with Gasteiger partial charge in [-0.05, 0) is 73.8 Å². The molecule has 4 heteroatoms. The van der Waals surface area contributed by atoms with Gasteiger partial charge in [0.15, 0.2) is 17.5 Å². The molecule has 10 rings (SSSR count). The smallest absolute Gasteiger partial charge is 0.164 e. The van der Waals surface area contributed by atoms with Crippen LogP contribution in [0.5, 0.6) is 0 Å². The van der Waals surface area contributed by atoms with Crippen LogP contribution in [0, 0.1) is 0 Å². The summed E-state index contributed by atoms with van der Waals surface area (Å²) in [7, 11) is 0. The van der Waals surface area contributed by atoms with Crippen LogP contribution in [0.2, 0.25) is 0 Å². The van der Waals surface area contributed by atoms with Gasteiger partial charge in [0, 0.05) is 36.9 Å². The molecule has 0 fully saturated rings. The summed E-state index contributed by atoms with van der Waals surface area (Å²) >= 11 is 1.82. The van der Waals surface area contributed by atoms with Crippen molar-refractivity contribution in [1.82, 2.24) is 15.0 Å². The maximum absolute atomic E-state index is 5.20. The summed E-state index contributed by atoms with van der Waals surface area (Å²) in [5.41, 5.74) is 5.34. The SMILES string of the molecule is c1ccc(-c2ccc3cc(-c4nc(-c5ccccc5)nc(-c5cccc6sc7cc8ccc9ccccc9c8cc7c56)n4)ccc3c2)cc1. The highest BCUT2D eigenvalue weighted by Crippen LogP contribution is 2.42. The van der Waals surface area contributed by atoms with E-state index in [1.807, 2.05) is 29.5 Å². The van der Waals surface area contributed by atoms with Gasteiger partial charge in [-0.1, -0.05) is 133 Å². The van der Waals surface area contributed by atoms with Crippen LogP contribution in [0.15, 0.2) is 164 Å². The molecule has 2 aromatic heterocycles. The van der Waals surface area contributed by atoms with E-state index in [2.05, 4.69) is 146 Å². The molecule has 2 heterocycles. The topological polar surface area (TPSA) is 38.7 Å². The zero-order valence-electron chi connectivity index (χ0n) is 26.3. The Bertz CT molecular complexity index is 2880. The molecule has 0 saturated heterocycles. The lowest BCUT2D eigenvalue weighted by Crippen LogP contribution is -2.00. The average molecular weight is 642 g/mol. The van der Waals surface area contributed by atoms with E-state index >= 15 is 0 Å². The minimum atomic E-state index is 0.658. The lowest BCUT2D eigenvalue weighted by Gasteiger charge is -2.11. The second-order valence-corrected chi connectivity index (χ2v) is 13.5. The number of aromatic nitrogens is 3. The molecule has 8 aromatic carbocycles. The van der Waals surface area contributed by atoms with Crippen molar-refractivity contribution in [3.8, 4) is 45.3 Å². The zero-order valence-corrected chi connectivity index (χ0v) is 27.2. The van der Waals surface area contributed by atoms with E-state index < -0.39 is 0 Å². The van der Waals surface area contributed by atoms with Crippen molar-refractivity contribution in [2.24, 2.45) is 0 Å². The first-order valence-electron chi connectivity index (χ1n) is 16.4. The highest BCUT2D eigenvalue weighted by Gasteiger charge is 2.18. The van der Waals surface area contributed by atoms with Crippen LogP contribution in [0.4, 0.5) is 0 Å². The second kappa shape index (κ2) is 11.2. The van der Waals surface area contributed by atoms with E-state index in [1.165, 1.54) is 58.2 Å². The van der Waals surface area contributed by atoms with Crippen molar-refractivity contribution < 1.29 is 0 Å². The number of benzene rings is 8. The Morgan fingerprint density at radius 2 is 0.959 bits per heavy atom. The molecule has 3 nitrogen and oxygen atoms in total. The molecule has 0 amide bonds. The quantitative estimate of drug-likeness (QED) is 0.180. The van der Waals surface area contributed by atoms with Gasteiger partial charge in [-0.15, -0.1) is 11.3 Å². The number of hydrogen-bond donors (Lipinski definition) is 0. The minimum Gasteiger partial charge on any atom is -0.208 e.